The number of halogens is 3. The van der Waals surface area contributed by atoms with Crippen LogP contribution in [0.4, 0.5) is 8.78 Å². The Morgan fingerprint density at radius 3 is 2.59 bits per heavy atom. The Morgan fingerprint density at radius 1 is 1.21 bits per heavy atom. The van der Waals surface area contributed by atoms with E-state index in [-0.39, 0.29) is 28.5 Å². The number of carboxylic acids is 1. The minimum Gasteiger partial charge on any atom is -0.486 e. The van der Waals surface area contributed by atoms with Gasteiger partial charge in [-0.25, -0.2) is 13.6 Å². The van der Waals surface area contributed by atoms with Gasteiger partial charge in [-0.15, -0.1) is 0 Å². The van der Waals surface area contributed by atoms with Gasteiger partial charge in [0.1, 0.15) is 23.3 Å². The summed E-state index contributed by atoms with van der Waals surface area (Å²) in [4.78, 5) is 26.2. The second kappa shape index (κ2) is 8.05. The smallest absolute Gasteiger partial charge is 0.335 e. The molecule has 29 heavy (non-hydrogen) atoms. The first-order chi connectivity index (χ1) is 13.7. The van der Waals surface area contributed by atoms with Gasteiger partial charge < -0.3 is 14.8 Å². The van der Waals surface area contributed by atoms with E-state index in [1.165, 1.54) is 12.1 Å². The molecule has 0 fully saturated rings. The first-order valence-corrected chi connectivity index (χ1v) is 8.91. The molecule has 150 valence electrons. The minimum atomic E-state index is -1.10. The lowest BCUT2D eigenvalue weighted by Crippen LogP contribution is -2.13. The van der Waals surface area contributed by atoms with Gasteiger partial charge in [0.15, 0.2) is 5.75 Å². The predicted octanol–water partition coefficient (Wildman–Crippen LogP) is 4.87. The molecule has 3 rings (SSSR count). The molecular weight excluding hydrogens is 404 g/mol. The summed E-state index contributed by atoms with van der Waals surface area (Å²) in [6.07, 6.45) is 0. The molecular formula is C21H16ClF2NO4. The molecule has 3 aromatic rings. The largest absolute Gasteiger partial charge is 0.486 e. The molecule has 8 heteroatoms. The zero-order valence-electron chi connectivity index (χ0n) is 15.5. The van der Waals surface area contributed by atoms with Crippen molar-refractivity contribution in [2.45, 2.75) is 20.5 Å². The number of aromatic nitrogens is 1. The van der Waals surface area contributed by atoms with E-state index >= 15 is 0 Å². The van der Waals surface area contributed by atoms with Crippen molar-refractivity contribution in [2.75, 3.05) is 0 Å². The van der Waals surface area contributed by atoms with Crippen LogP contribution in [0.2, 0.25) is 5.02 Å². The number of hydrogen-bond donors (Lipinski definition) is 2. The van der Waals surface area contributed by atoms with Crippen molar-refractivity contribution in [3.8, 4) is 16.9 Å². The molecule has 0 saturated heterocycles. The van der Waals surface area contributed by atoms with Crippen LogP contribution >= 0.6 is 11.6 Å². The quantitative estimate of drug-likeness (QED) is 0.618. The van der Waals surface area contributed by atoms with Crippen LogP contribution in [0.25, 0.3) is 11.1 Å². The first kappa shape index (κ1) is 20.5. The number of aromatic carboxylic acids is 1. The van der Waals surface area contributed by atoms with Crippen LogP contribution in [0.3, 0.4) is 0 Å². The van der Waals surface area contributed by atoms with Crippen molar-refractivity contribution in [3.63, 3.8) is 0 Å². The number of nitrogens with one attached hydrogen (secondary N) is 1. The molecule has 0 unspecified atom stereocenters. The molecule has 1 heterocycles. The summed E-state index contributed by atoms with van der Waals surface area (Å²) in [6, 6.07) is 7.74. The van der Waals surface area contributed by atoms with E-state index in [4.69, 9.17) is 16.3 Å². The fraction of sp³-hybridized carbons (Fsp3) is 0.143. The van der Waals surface area contributed by atoms with Gasteiger partial charge in [-0.1, -0.05) is 23.7 Å². The van der Waals surface area contributed by atoms with E-state index in [1.54, 1.807) is 26.0 Å². The maximum absolute atomic E-state index is 14.0. The molecule has 2 N–H and O–H groups in total. The summed E-state index contributed by atoms with van der Waals surface area (Å²) in [5.74, 6) is -2.64. The molecule has 2 aromatic carbocycles. The van der Waals surface area contributed by atoms with Crippen LogP contribution in [-0.4, -0.2) is 16.1 Å². The van der Waals surface area contributed by atoms with Gasteiger partial charge in [-0.05, 0) is 43.2 Å². The topological polar surface area (TPSA) is 79.4 Å². The number of carboxylic acid groups (broad SMARTS) is 1. The van der Waals surface area contributed by atoms with Crippen LogP contribution in [0, 0.1) is 25.5 Å². The van der Waals surface area contributed by atoms with Gasteiger partial charge in [0.2, 0.25) is 0 Å². The van der Waals surface area contributed by atoms with Crippen molar-refractivity contribution >= 4 is 17.6 Å². The molecule has 0 saturated carbocycles. The van der Waals surface area contributed by atoms with Gasteiger partial charge >= 0.3 is 5.97 Å². The maximum Gasteiger partial charge on any atom is 0.335 e. The number of hydrogen-bond acceptors (Lipinski definition) is 3. The molecule has 5 nitrogen and oxygen atoms in total. The van der Waals surface area contributed by atoms with Crippen LogP contribution < -0.4 is 10.3 Å². The van der Waals surface area contributed by atoms with Crippen molar-refractivity contribution in [1.29, 1.82) is 0 Å². The number of carbonyl (C=O) groups is 1. The third kappa shape index (κ3) is 4.00. The zero-order valence-corrected chi connectivity index (χ0v) is 16.2. The van der Waals surface area contributed by atoms with Gasteiger partial charge in [0.05, 0.1) is 5.56 Å². The normalized spacial score (nSPS) is 10.8. The van der Waals surface area contributed by atoms with E-state index in [1.807, 2.05) is 0 Å². The first-order valence-electron chi connectivity index (χ1n) is 8.53. The number of aromatic amines is 1. The Kier molecular flexibility index (Phi) is 5.70. The van der Waals surface area contributed by atoms with E-state index in [0.717, 1.165) is 12.1 Å². The van der Waals surface area contributed by atoms with Gasteiger partial charge in [0.25, 0.3) is 5.56 Å². The molecule has 0 spiro atoms. The fourth-order valence-corrected chi connectivity index (χ4v) is 3.25. The second-order valence-electron chi connectivity index (χ2n) is 6.40. The van der Waals surface area contributed by atoms with Gasteiger partial charge in [-0.3, -0.25) is 4.79 Å². The summed E-state index contributed by atoms with van der Waals surface area (Å²) in [5.41, 5.74) is 1.29. The van der Waals surface area contributed by atoms with Crippen LogP contribution in [0.5, 0.6) is 5.75 Å². The highest BCUT2D eigenvalue weighted by molar-refractivity contribution is 6.32. The molecule has 0 aliphatic rings. The molecule has 0 atom stereocenters. The Labute approximate surface area is 169 Å². The Bertz CT molecular complexity index is 1170. The van der Waals surface area contributed by atoms with Crippen LogP contribution in [0.15, 0.2) is 41.2 Å². The van der Waals surface area contributed by atoms with Crippen molar-refractivity contribution in [3.05, 3.63) is 85.8 Å². The lowest BCUT2D eigenvalue weighted by atomic mass is 9.95. The summed E-state index contributed by atoms with van der Waals surface area (Å²) >= 11 is 6.17. The Balaban J connectivity index is 2.14. The minimum absolute atomic E-state index is 0.0118. The lowest BCUT2D eigenvalue weighted by Gasteiger charge is -2.18. The average Bonchev–Trinajstić information content (AvgIpc) is 2.65. The predicted molar refractivity (Wildman–Crippen MR) is 105 cm³/mol. The number of H-pyrrole nitrogens is 1. The molecule has 1 aromatic heterocycles. The van der Waals surface area contributed by atoms with Gasteiger partial charge in [0, 0.05) is 22.9 Å². The van der Waals surface area contributed by atoms with Crippen molar-refractivity contribution in [2.24, 2.45) is 0 Å². The molecule has 0 aliphatic heterocycles. The molecule has 0 radical (unpaired) electrons. The monoisotopic (exact) mass is 419 g/mol. The van der Waals surface area contributed by atoms with E-state index < -0.39 is 23.2 Å². The Hall–Kier alpha value is -3.19. The highest BCUT2D eigenvalue weighted by atomic mass is 35.5. The lowest BCUT2D eigenvalue weighted by molar-refractivity contribution is 0.0696. The number of aryl methyl sites for hydroxylation is 1. The second-order valence-corrected chi connectivity index (χ2v) is 6.78. The van der Waals surface area contributed by atoms with Crippen molar-refractivity contribution < 1.29 is 23.4 Å². The third-order valence-corrected chi connectivity index (χ3v) is 4.87. The summed E-state index contributed by atoms with van der Waals surface area (Å²) in [5, 5.41) is 9.14. The Morgan fingerprint density at radius 2 is 1.93 bits per heavy atom. The van der Waals surface area contributed by atoms with Crippen molar-refractivity contribution in [1.82, 2.24) is 4.98 Å². The average molecular weight is 420 g/mol. The van der Waals surface area contributed by atoms with E-state index in [2.05, 4.69) is 4.98 Å². The number of pyridine rings is 1. The van der Waals surface area contributed by atoms with Gasteiger partial charge in [-0.2, -0.15) is 0 Å². The van der Waals surface area contributed by atoms with Crippen LogP contribution in [-0.2, 0) is 6.61 Å². The van der Waals surface area contributed by atoms with Crippen LogP contribution in [0.1, 0.15) is 27.2 Å². The maximum atomic E-state index is 14.0. The molecule has 0 amide bonds. The fourth-order valence-electron chi connectivity index (χ4n) is 3.06. The third-order valence-electron chi connectivity index (χ3n) is 4.52. The summed E-state index contributed by atoms with van der Waals surface area (Å²) in [7, 11) is 0. The number of ether oxygens (including phenoxy) is 1. The molecule has 0 aliphatic carbocycles. The van der Waals surface area contributed by atoms with E-state index in [0.29, 0.717) is 22.4 Å². The summed E-state index contributed by atoms with van der Waals surface area (Å²) in [6.45, 7) is 2.94. The highest BCUT2D eigenvalue weighted by Gasteiger charge is 2.21. The SMILES string of the molecule is Cc1[nH]c(=O)c(Cl)c(OCc2ccc(F)cc2F)c1-c1cccc(C(=O)O)c1C. The number of benzene rings is 2. The van der Waals surface area contributed by atoms with E-state index in [9.17, 15) is 23.5 Å². The highest BCUT2D eigenvalue weighted by Crippen LogP contribution is 2.39. The summed E-state index contributed by atoms with van der Waals surface area (Å²) < 4.78 is 32.8. The standard InChI is InChI=1S/C21H16ClF2NO4/c1-10-14(4-3-5-15(10)21(27)28)17-11(2)25-20(26)18(22)19(17)29-9-12-6-7-13(23)8-16(12)24/h3-8H,9H2,1-2H3,(H,25,26)(H,27,28). The number of rotatable bonds is 5. The molecule has 0 bridgehead atoms. The zero-order chi connectivity index (χ0) is 21.3.